The van der Waals surface area contributed by atoms with Gasteiger partial charge in [-0.1, -0.05) is 5.16 Å². The molecule has 1 fully saturated rings. The van der Waals surface area contributed by atoms with Gasteiger partial charge in [-0.25, -0.2) is 4.39 Å². The minimum atomic E-state index is -0.674. The first-order chi connectivity index (χ1) is 14.4. The zero-order valence-electron chi connectivity index (χ0n) is 17.2. The molecule has 1 N–H and O–H groups in total. The van der Waals surface area contributed by atoms with Gasteiger partial charge in [-0.3, -0.25) is 14.4 Å². The van der Waals surface area contributed by atoms with Crippen molar-refractivity contribution in [2.45, 2.75) is 20.3 Å². The van der Waals surface area contributed by atoms with Crippen molar-refractivity contribution in [3.05, 3.63) is 47.4 Å². The molecule has 0 bridgehead atoms. The molecule has 0 unspecified atom stereocenters. The van der Waals surface area contributed by atoms with Crippen LogP contribution in [0.3, 0.4) is 0 Å². The Kier molecular flexibility index (Phi) is 5.54. The third-order valence-electron chi connectivity index (χ3n) is 5.26. The number of benzene rings is 1. The molecule has 8 nitrogen and oxygen atoms in total. The third-order valence-corrected chi connectivity index (χ3v) is 5.26. The molecule has 2 aromatic heterocycles. The minimum absolute atomic E-state index is 0.135. The standard InChI is InChI=1S/C21H24FN5O3/c1-13-19(14(2)30-25-13)16-11-15(24-21(28)20-17(22)12-23-26(20)3)5-6-18(16)29-10-9-27-7-4-8-27/h5-6,11-12H,4,7-10H2,1-3H3,(H,24,28). The fourth-order valence-corrected chi connectivity index (χ4v) is 3.54. The lowest BCUT2D eigenvalue weighted by molar-refractivity contribution is 0.101. The maximum Gasteiger partial charge on any atom is 0.276 e. The summed E-state index contributed by atoms with van der Waals surface area (Å²) < 4.78 is 26.5. The number of anilines is 1. The molecule has 1 saturated heterocycles. The Morgan fingerprint density at radius 2 is 2.13 bits per heavy atom. The number of nitrogens with zero attached hydrogens (tertiary/aromatic N) is 4. The van der Waals surface area contributed by atoms with Gasteiger partial charge in [-0.15, -0.1) is 0 Å². The second-order valence-electron chi connectivity index (χ2n) is 7.37. The van der Waals surface area contributed by atoms with Gasteiger partial charge in [-0.05, 0) is 51.6 Å². The van der Waals surface area contributed by atoms with Crippen LogP contribution >= 0.6 is 0 Å². The van der Waals surface area contributed by atoms with Crippen molar-refractivity contribution < 1.29 is 18.4 Å². The number of carbonyl (C=O) groups excluding carboxylic acids is 1. The second-order valence-corrected chi connectivity index (χ2v) is 7.37. The van der Waals surface area contributed by atoms with Gasteiger partial charge in [0.1, 0.15) is 18.1 Å². The highest BCUT2D eigenvalue weighted by Crippen LogP contribution is 2.37. The van der Waals surface area contributed by atoms with Gasteiger partial charge in [-0.2, -0.15) is 5.10 Å². The van der Waals surface area contributed by atoms with Crippen LogP contribution in [0.2, 0.25) is 0 Å². The molecule has 0 spiro atoms. The van der Waals surface area contributed by atoms with Crippen LogP contribution in [-0.2, 0) is 7.05 Å². The fraction of sp³-hybridized carbons (Fsp3) is 0.381. The van der Waals surface area contributed by atoms with Crippen LogP contribution in [0.15, 0.2) is 28.9 Å². The molecule has 30 heavy (non-hydrogen) atoms. The van der Waals surface area contributed by atoms with Crippen LogP contribution in [0.1, 0.15) is 28.4 Å². The molecule has 0 atom stereocenters. The summed E-state index contributed by atoms with van der Waals surface area (Å²) in [6.45, 7) is 7.31. The van der Waals surface area contributed by atoms with E-state index in [-0.39, 0.29) is 5.69 Å². The molecule has 1 aliphatic rings. The van der Waals surface area contributed by atoms with Crippen molar-refractivity contribution in [3.8, 4) is 16.9 Å². The molecule has 3 aromatic rings. The molecule has 1 aliphatic heterocycles. The van der Waals surface area contributed by atoms with Crippen molar-refractivity contribution in [3.63, 3.8) is 0 Å². The van der Waals surface area contributed by atoms with Crippen molar-refractivity contribution in [1.29, 1.82) is 0 Å². The van der Waals surface area contributed by atoms with Crippen LogP contribution < -0.4 is 10.1 Å². The first-order valence-electron chi connectivity index (χ1n) is 9.85. The van der Waals surface area contributed by atoms with Crippen molar-refractivity contribution in [1.82, 2.24) is 19.8 Å². The summed E-state index contributed by atoms with van der Waals surface area (Å²) in [4.78, 5) is 14.9. The molecule has 0 saturated carbocycles. The van der Waals surface area contributed by atoms with E-state index < -0.39 is 11.7 Å². The van der Waals surface area contributed by atoms with E-state index in [1.807, 2.05) is 13.8 Å². The summed E-state index contributed by atoms with van der Waals surface area (Å²) in [6, 6.07) is 5.32. The largest absolute Gasteiger partial charge is 0.492 e. The van der Waals surface area contributed by atoms with Crippen molar-refractivity contribution in [2.75, 3.05) is 31.6 Å². The Balaban J connectivity index is 1.61. The number of nitrogens with one attached hydrogen (secondary N) is 1. The Bertz CT molecular complexity index is 1030. The van der Waals surface area contributed by atoms with E-state index >= 15 is 0 Å². The SMILES string of the molecule is Cc1noc(C)c1-c1cc(NC(=O)c2c(F)cnn2C)ccc1OCCN1CCC1. The lowest BCUT2D eigenvalue weighted by Crippen LogP contribution is -2.39. The number of aromatic nitrogens is 3. The van der Waals surface area contributed by atoms with E-state index in [1.54, 1.807) is 18.2 Å². The molecule has 158 valence electrons. The second kappa shape index (κ2) is 8.27. The van der Waals surface area contributed by atoms with Crippen LogP contribution in [0.5, 0.6) is 5.75 Å². The van der Waals surface area contributed by atoms with Gasteiger partial charge in [0.05, 0.1) is 17.5 Å². The van der Waals surface area contributed by atoms with Crippen LogP contribution in [0, 0.1) is 19.7 Å². The number of rotatable bonds is 7. The summed E-state index contributed by atoms with van der Waals surface area (Å²) >= 11 is 0. The Labute approximate surface area is 173 Å². The Morgan fingerprint density at radius 1 is 1.33 bits per heavy atom. The molecule has 1 aromatic carbocycles. The first kappa shape index (κ1) is 20.1. The van der Waals surface area contributed by atoms with Gasteiger partial charge in [0, 0.05) is 24.8 Å². The monoisotopic (exact) mass is 413 g/mol. The molecule has 4 rings (SSSR count). The number of aryl methyl sites for hydroxylation is 3. The Hall–Kier alpha value is -3.20. The van der Waals surface area contributed by atoms with E-state index in [9.17, 15) is 9.18 Å². The molecular formula is C21H24FN5O3. The lowest BCUT2D eigenvalue weighted by atomic mass is 10.0. The first-order valence-corrected chi connectivity index (χ1v) is 9.85. The summed E-state index contributed by atoms with van der Waals surface area (Å²) in [5.74, 6) is 0.0754. The molecular weight excluding hydrogens is 389 g/mol. The van der Waals surface area contributed by atoms with Crippen LogP contribution in [0.4, 0.5) is 10.1 Å². The molecule has 3 heterocycles. The molecule has 1 amide bonds. The number of ether oxygens (including phenoxy) is 1. The summed E-state index contributed by atoms with van der Waals surface area (Å²) in [6.07, 6.45) is 2.25. The third kappa shape index (κ3) is 3.93. The maximum absolute atomic E-state index is 13.9. The quantitative estimate of drug-likeness (QED) is 0.640. The predicted octanol–water partition coefficient (Wildman–Crippen LogP) is 3.17. The zero-order chi connectivity index (χ0) is 21.3. The predicted molar refractivity (Wildman–Crippen MR) is 109 cm³/mol. The fourth-order valence-electron chi connectivity index (χ4n) is 3.54. The lowest BCUT2D eigenvalue weighted by Gasteiger charge is -2.30. The molecule has 0 radical (unpaired) electrons. The van der Waals surface area contributed by atoms with Gasteiger partial charge in [0.2, 0.25) is 0 Å². The highest BCUT2D eigenvalue weighted by molar-refractivity contribution is 6.03. The normalized spacial score (nSPS) is 13.9. The molecule has 0 aliphatic carbocycles. The summed E-state index contributed by atoms with van der Waals surface area (Å²) in [5.41, 5.74) is 2.67. The van der Waals surface area contributed by atoms with Gasteiger partial charge >= 0.3 is 0 Å². The van der Waals surface area contributed by atoms with E-state index in [2.05, 4.69) is 20.5 Å². The smallest absolute Gasteiger partial charge is 0.276 e. The number of hydrogen-bond acceptors (Lipinski definition) is 6. The number of amides is 1. The van der Waals surface area contributed by atoms with E-state index in [0.29, 0.717) is 23.8 Å². The van der Waals surface area contributed by atoms with Crippen molar-refractivity contribution in [2.24, 2.45) is 7.05 Å². The van der Waals surface area contributed by atoms with Crippen LogP contribution in [0.25, 0.3) is 11.1 Å². The topological polar surface area (TPSA) is 85.4 Å². The van der Waals surface area contributed by atoms with E-state index in [1.165, 1.54) is 18.2 Å². The number of likely N-dealkylation sites (tertiary alicyclic amines) is 1. The van der Waals surface area contributed by atoms with Crippen molar-refractivity contribution >= 4 is 11.6 Å². The highest BCUT2D eigenvalue weighted by Gasteiger charge is 2.21. The van der Waals surface area contributed by atoms with Gasteiger partial charge in [0.25, 0.3) is 5.91 Å². The number of hydrogen-bond donors (Lipinski definition) is 1. The Morgan fingerprint density at radius 3 is 2.73 bits per heavy atom. The summed E-state index contributed by atoms with van der Waals surface area (Å²) in [7, 11) is 1.52. The zero-order valence-corrected chi connectivity index (χ0v) is 17.2. The minimum Gasteiger partial charge on any atom is -0.492 e. The number of halogens is 1. The maximum atomic E-state index is 13.9. The highest BCUT2D eigenvalue weighted by atomic mass is 19.1. The van der Waals surface area contributed by atoms with E-state index in [0.717, 1.165) is 42.7 Å². The average molecular weight is 413 g/mol. The van der Waals surface area contributed by atoms with E-state index in [4.69, 9.17) is 9.26 Å². The molecule has 9 heteroatoms. The number of carbonyl (C=O) groups is 1. The van der Waals surface area contributed by atoms with Gasteiger partial charge in [0.15, 0.2) is 11.5 Å². The van der Waals surface area contributed by atoms with Gasteiger partial charge < -0.3 is 14.6 Å². The van der Waals surface area contributed by atoms with Crippen LogP contribution in [-0.4, -0.2) is 52.0 Å². The average Bonchev–Trinajstić information content (AvgIpc) is 3.19. The summed E-state index contributed by atoms with van der Waals surface area (Å²) in [5, 5.41) is 10.5.